The molecule has 0 spiro atoms. The van der Waals surface area contributed by atoms with E-state index in [2.05, 4.69) is 21.2 Å². The van der Waals surface area contributed by atoms with Crippen LogP contribution in [0.3, 0.4) is 0 Å². The molecular formula is C15H17BrN2O2. The van der Waals surface area contributed by atoms with Crippen LogP contribution in [0.1, 0.15) is 21.7 Å². The van der Waals surface area contributed by atoms with Crippen molar-refractivity contribution in [2.24, 2.45) is 0 Å². The molecule has 0 unspecified atom stereocenters. The summed E-state index contributed by atoms with van der Waals surface area (Å²) >= 11 is 3.27. The van der Waals surface area contributed by atoms with Gasteiger partial charge in [0.25, 0.3) is 5.91 Å². The van der Waals surface area contributed by atoms with Gasteiger partial charge in [-0.15, -0.1) is 0 Å². The van der Waals surface area contributed by atoms with E-state index in [0.717, 1.165) is 17.0 Å². The number of amides is 1. The topological polar surface area (TPSA) is 45.5 Å². The molecule has 1 aromatic heterocycles. The summed E-state index contributed by atoms with van der Waals surface area (Å²) in [6.07, 6.45) is 0. The van der Waals surface area contributed by atoms with Crippen LogP contribution in [-0.4, -0.2) is 24.9 Å². The van der Waals surface area contributed by atoms with Crippen molar-refractivity contribution in [1.29, 1.82) is 0 Å². The van der Waals surface area contributed by atoms with E-state index in [-0.39, 0.29) is 5.91 Å². The zero-order chi connectivity index (χ0) is 14.7. The fourth-order valence-electron chi connectivity index (χ4n) is 1.83. The van der Waals surface area contributed by atoms with Crippen LogP contribution < -0.4 is 5.32 Å². The summed E-state index contributed by atoms with van der Waals surface area (Å²) in [5, 5.41) is 3.29. The summed E-state index contributed by atoms with van der Waals surface area (Å²) < 4.78 is 6.15. The fourth-order valence-corrected chi connectivity index (χ4v) is 2.17. The number of carbonyl (C=O) groups is 1. The molecule has 0 radical (unpaired) electrons. The average molecular weight is 337 g/mol. The molecule has 0 bridgehead atoms. The number of aryl methyl sites for hydroxylation is 1. The summed E-state index contributed by atoms with van der Waals surface area (Å²) in [6, 6.07) is 9.41. The highest BCUT2D eigenvalue weighted by atomic mass is 79.9. The number of halogens is 1. The second-order valence-electron chi connectivity index (χ2n) is 4.79. The second-order valence-corrected chi connectivity index (χ2v) is 5.57. The van der Waals surface area contributed by atoms with E-state index < -0.39 is 0 Å². The van der Waals surface area contributed by atoms with Crippen molar-refractivity contribution >= 4 is 27.5 Å². The molecule has 2 aromatic rings. The van der Waals surface area contributed by atoms with E-state index in [1.165, 1.54) is 0 Å². The van der Waals surface area contributed by atoms with Gasteiger partial charge in [-0.25, -0.2) is 0 Å². The fraction of sp³-hybridized carbons (Fsp3) is 0.267. The predicted octanol–water partition coefficient (Wildman–Crippen LogP) is 3.66. The Kier molecular flexibility index (Phi) is 4.49. The van der Waals surface area contributed by atoms with Crippen molar-refractivity contribution in [2.75, 3.05) is 19.4 Å². The van der Waals surface area contributed by atoms with Crippen LogP contribution in [0, 0.1) is 6.92 Å². The van der Waals surface area contributed by atoms with Crippen molar-refractivity contribution in [3.63, 3.8) is 0 Å². The summed E-state index contributed by atoms with van der Waals surface area (Å²) in [4.78, 5) is 13.5. The highest BCUT2D eigenvalue weighted by Gasteiger charge is 2.10. The number of anilines is 1. The Bertz CT molecular complexity index is 620. The average Bonchev–Trinajstić information content (AvgIpc) is 2.82. The van der Waals surface area contributed by atoms with E-state index >= 15 is 0 Å². The zero-order valence-corrected chi connectivity index (χ0v) is 13.3. The summed E-state index contributed by atoms with van der Waals surface area (Å²) in [7, 11) is 3.49. The Balaban J connectivity index is 2.14. The molecule has 1 amide bonds. The van der Waals surface area contributed by atoms with Gasteiger partial charge < -0.3 is 14.6 Å². The van der Waals surface area contributed by atoms with Gasteiger partial charge in [-0.3, -0.25) is 4.79 Å². The van der Waals surface area contributed by atoms with Gasteiger partial charge in [-0.1, -0.05) is 6.07 Å². The van der Waals surface area contributed by atoms with Gasteiger partial charge in [0.15, 0.2) is 4.67 Å². The van der Waals surface area contributed by atoms with E-state index in [1.807, 2.05) is 37.3 Å². The Labute approximate surface area is 126 Å². The van der Waals surface area contributed by atoms with Gasteiger partial charge in [-0.05, 0) is 52.7 Å². The first-order valence-corrected chi connectivity index (χ1v) is 7.07. The maximum absolute atomic E-state index is 12.0. The summed E-state index contributed by atoms with van der Waals surface area (Å²) in [5.41, 5.74) is 2.69. The Morgan fingerprint density at radius 1 is 1.30 bits per heavy atom. The van der Waals surface area contributed by atoms with Crippen LogP contribution in [0.4, 0.5) is 5.69 Å². The van der Waals surface area contributed by atoms with Crippen LogP contribution in [-0.2, 0) is 6.54 Å². The Morgan fingerprint density at radius 3 is 2.65 bits per heavy atom. The lowest BCUT2D eigenvalue weighted by Gasteiger charge is -2.13. The SMILES string of the molecule is Cc1ccc(C(=O)N(C)C)cc1NCc1ccc(Br)o1. The quantitative estimate of drug-likeness (QED) is 0.926. The van der Waals surface area contributed by atoms with E-state index in [4.69, 9.17) is 4.42 Å². The van der Waals surface area contributed by atoms with Crippen LogP contribution in [0.25, 0.3) is 0 Å². The lowest BCUT2D eigenvalue weighted by molar-refractivity contribution is 0.0827. The number of carbonyl (C=O) groups excluding carboxylic acids is 1. The molecule has 0 aliphatic heterocycles. The van der Waals surface area contributed by atoms with Gasteiger partial charge in [0.1, 0.15) is 5.76 Å². The van der Waals surface area contributed by atoms with E-state index in [0.29, 0.717) is 16.8 Å². The van der Waals surface area contributed by atoms with Gasteiger partial charge in [0, 0.05) is 25.3 Å². The maximum atomic E-state index is 12.0. The van der Waals surface area contributed by atoms with E-state index in [9.17, 15) is 4.79 Å². The number of rotatable bonds is 4. The summed E-state index contributed by atoms with van der Waals surface area (Å²) in [6.45, 7) is 2.58. The molecule has 0 saturated heterocycles. The number of hydrogen-bond donors (Lipinski definition) is 1. The molecule has 1 aromatic carbocycles. The van der Waals surface area contributed by atoms with Crippen molar-refractivity contribution < 1.29 is 9.21 Å². The zero-order valence-electron chi connectivity index (χ0n) is 11.7. The minimum Gasteiger partial charge on any atom is -0.452 e. The predicted molar refractivity (Wildman–Crippen MR) is 82.9 cm³/mol. The van der Waals surface area contributed by atoms with Crippen molar-refractivity contribution in [3.8, 4) is 0 Å². The van der Waals surface area contributed by atoms with Gasteiger partial charge in [0.2, 0.25) is 0 Å². The first kappa shape index (κ1) is 14.7. The minimum absolute atomic E-state index is 0.00575. The highest BCUT2D eigenvalue weighted by Crippen LogP contribution is 2.20. The van der Waals surface area contributed by atoms with Gasteiger partial charge in [-0.2, -0.15) is 0 Å². The third-order valence-electron chi connectivity index (χ3n) is 2.97. The van der Waals surface area contributed by atoms with E-state index in [1.54, 1.807) is 19.0 Å². The molecule has 4 nitrogen and oxygen atoms in total. The number of hydrogen-bond acceptors (Lipinski definition) is 3. The number of furan rings is 1. The third-order valence-corrected chi connectivity index (χ3v) is 3.40. The molecular weight excluding hydrogens is 320 g/mol. The van der Waals surface area contributed by atoms with Crippen molar-refractivity contribution in [1.82, 2.24) is 4.90 Å². The van der Waals surface area contributed by atoms with Crippen LogP contribution in [0.2, 0.25) is 0 Å². The standard InChI is InChI=1S/C15H17BrN2O2/c1-10-4-5-11(15(19)18(2)3)8-13(10)17-9-12-6-7-14(16)20-12/h4-8,17H,9H2,1-3H3. The smallest absolute Gasteiger partial charge is 0.253 e. The van der Waals surface area contributed by atoms with Crippen LogP contribution in [0.5, 0.6) is 0 Å². The molecule has 2 rings (SSSR count). The molecule has 0 aliphatic carbocycles. The minimum atomic E-state index is -0.00575. The van der Waals surface area contributed by atoms with Gasteiger partial charge in [0.05, 0.1) is 6.54 Å². The second kappa shape index (κ2) is 6.13. The molecule has 1 N–H and O–H groups in total. The molecule has 0 saturated carbocycles. The third kappa shape index (κ3) is 3.42. The first-order valence-electron chi connectivity index (χ1n) is 6.28. The number of nitrogens with zero attached hydrogens (tertiary/aromatic N) is 1. The van der Waals surface area contributed by atoms with Crippen molar-refractivity contribution in [3.05, 3.63) is 51.9 Å². The summed E-state index contributed by atoms with van der Waals surface area (Å²) in [5.74, 6) is 0.828. The molecule has 0 aliphatic rings. The van der Waals surface area contributed by atoms with Crippen LogP contribution in [0.15, 0.2) is 39.4 Å². The first-order chi connectivity index (χ1) is 9.47. The molecule has 0 atom stereocenters. The lowest BCUT2D eigenvalue weighted by atomic mass is 10.1. The maximum Gasteiger partial charge on any atom is 0.253 e. The monoisotopic (exact) mass is 336 g/mol. The van der Waals surface area contributed by atoms with Crippen LogP contribution >= 0.6 is 15.9 Å². The Morgan fingerprint density at radius 2 is 2.05 bits per heavy atom. The number of nitrogens with one attached hydrogen (secondary N) is 1. The molecule has 106 valence electrons. The van der Waals surface area contributed by atoms with Gasteiger partial charge >= 0.3 is 0 Å². The van der Waals surface area contributed by atoms with Crippen molar-refractivity contribution in [2.45, 2.75) is 13.5 Å². The molecule has 20 heavy (non-hydrogen) atoms. The normalized spacial score (nSPS) is 10.4. The Hall–Kier alpha value is -1.75. The lowest BCUT2D eigenvalue weighted by Crippen LogP contribution is -2.21. The molecule has 5 heteroatoms. The number of benzene rings is 1. The molecule has 0 fully saturated rings. The largest absolute Gasteiger partial charge is 0.452 e. The molecule has 1 heterocycles. The highest BCUT2D eigenvalue weighted by molar-refractivity contribution is 9.10.